The first-order valence-electron chi connectivity index (χ1n) is 8.85. The van der Waals surface area contributed by atoms with E-state index in [0.717, 1.165) is 27.3 Å². The number of nitrogens with zero attached hydrogens (tertiary/aromatic N) is 3. The van der Waals surface area contributed by atoms with Crippen molar-refractivity contribution in [3.63, 3.8) is 0 Å². The Morgan fingerprint density at radius 3 is 2.71 bits per heavy atom. The van der Waals surface area contributed by atoms with Crippen molar-refractivity contribution >= 4 is 39.3 Å². The Morgan fingerprint density at radius 1 is 1.21 bits per heavy atom. The third kappa shape index (κ3) is 5.59. The van der Waals surface area contributed by atoms with E-state index >= 15 is 0 Å². The van der Waals surface area contributed by atoms with Gasteiger partial charge in [-0.3, -0.25) is 4.79 Å². The van der Waals surface area contributed by atoms with E-state index in [1.807, 2.05) is 66.9 Å². The van der Waals surface area contributed by atoms with Gasteiger partial charge in [-0.05, 0) is 55.8 Å². The molecule has 0 spiro atoms. The van der Waals surface area contributed by atoms with Crippen LogP contribution in [-0.2, 0) is 17.9 Å². The molecule has 0 saturated heterocycles. The molecule has 146 valence electrons. The van der Waals surface area contributed by atoms with Crippen LogP contribution in [-0.4, -0.2) is 26.4 Å². The molecule has 6 nitrogen and oxygen atoms in total. The number of hydrogen-bond acceptors (Lipinski definition) is 5. The molecule has 0 aliphatic rings. The van der Waals surface area contributed by atoms with Gasteiger partial charge in [-0.25, -0.2) is 0 Å². The van der Waals surface area contributed by atoms with Crippen LogP contribution in [0.25, 0.3) is 0 Å². The van der Waals surface area contributed by atoms with Crippen molar-refractivity contribution in [3.8, 4) is 5.75 Å². The van der Waals surface area contributed by atoms with Gasteiger partial charge >= 0.3 is 0 Å². The van der Waals surface area contributed by atoms with Gasteiger partial charge in [0.25, 0.3) is 0 Å². The minimum Gasteiger partial charge on any atom is -0.486 e. The predicted molar refractivity (Wildman–Crippen MR) is 115 cm³/mol. The van der Waals surface area contributed by atoms with Crippen LogP contribution in [0.3, 0.4) is 0 Å². The van der Waals surface area contributed by atoms with Crippen LogP contribution in [0.1, 0.15) is 18.3 Å². The van der Waals surface area contributed by atoms with Crippen molar-refractivity contribution in [3.05, 3.63) is 64.4 Å². The van der Waals surface area contributed by atoms with Crippen LogP contribution in [0.15, 0.2) is 58.2 Å². The molecule has 1 amide bonds. The summed E-state index contributed by atoms with van der Waals surface area (Å²) in [5.41, 5.74) is 1.90. The van der Waals surface area contributed by atoms with Crippen molar-refractivity contribution in [2.45, 2.75) is 32.2 Å². The van der Waals surface area contributed by atoms with E-state index in [2.05, 4.69) is 31.4 Å². The number of amides is 1. The summed E-state index contributed by atoms with van der Waals surface area (Å²) in [5.74, 6) is 1.71. The van der Waals surface area contributed by atoms with Crippen molar-refractivity contribution in [2.75, 3.05) is 11.1 Å². The number of aromatic nitrogens is 3. The number of carbonyl (C=O) groups excluding carboxylic acids is 1. The first-order chi connectivity index (χ1) is 13.5. The van der Waals surface area contributed by atoms with Gasteiger partial charge in [0.15, 0.2) is 11.0 Å². The molecule has 28 heavy (non-hydrogen) atoms. The highest BCUT2D eigenvalue weighted by Crippen LogP contribution is 2.20. The average Bonchev–Trinajstić information content (AvgIpc) is 3.08. The topological polar surface area (TPSA) is 69.0 Å². The molecule has 8 heteroatoms. The fraction of sp³-hybridized carbons (Fsp3) is 0.250. The summed E-state index contributed by atoms with van der Waals surface area (Å²) in [7, 11) is 0. The summed E-state index contributed by atoms with van der Waals surface area (Å²) < 4.78 is 8.76. The SMILES string of the molecule is CCn1c(COc2cccc(C)c2)nnc1SCC(=O)Nc1ccc(Br)cc1. The Balaban J connectivity index is 1.57. The van der Waals surface area contributed by atoms with Gasteiger partial charge in [-0.1, -0.05) is 39.8 Å². The molecule has 0 saturated carbocycles. The van der Waals surface area contributed by atoms with Crippen molar-refractivity contribution in [2.24, 2.45) is 0 Å². The minimum atomic E-state index is -0.0875. The molecule has 2 aromatic carbocycles. The van der Waals surface area contributed by atoms with E-state index in [1.165, 1.54) is 11.8 Å². The summed E-state index contributed by atoms with van der Waals surface area (Å²) in [6.07, 6.45) is 0. The highest BCUT2D eigenvalue weighted by atomic mass is 79.9. The zero-order valence-electron chi connectivity index (χ0n) is 15.7. The Hall–Kier alpha value is -2.32. The van der Waals surface area contributed by atoms with Crippen LogP contribution in [0.4, 0.5) is 5.69 Å². The van der Waals surface area contributed by atoms with Gasteiger partial charge in [0.05, 0.1) is 5.75 Å². The number of rotatable bonds is 8. The standard InChI is InChI=1S/C20H21BrN4O2S/c1-3-25-18(12-27-17-6-4-5-14(2)11-17)23-24-20(25)28-13-19(26)22-16-9-7-15(21)8-10-16/h4-11H,3,12-13H2,1-2H3,(H,22,26). The van der Waals surface area contributed by atoms with Crippen LogP contribution in [0.5, 0.6) is 5.75 Å². The largest absolute Gasteiger partial charge is 0.486 e. The van der Waals surface area contributed by atoms with Gasteiger partial charge in [-0.2, -0.15) is 0 Å². The van der Waals surface area contributed by atoms with E-state index in [4.69, 9.17) is 4.74 Å². The quantitative estimate of drug-likeness (QED) is 0.494. The van der Waals surface area contributed by atoms with Crippen molar-refractivity contribution < 1.29 is 9.53 Å². The minimum absolute atomic E-state index is 0.0875. The van der Waals surface area contributed by atoms with Gasteiger partial charge < -0.3 is 14.6 Å². The number of nitrogens with one attached hydrogen (secondary N) is 1. The van der Waals surface area contributed by atoms with E-state index < -0.39 is 0 Å². The number of aryl methyl sites for hydroxylation is 1. The monoisotopic (exact) mass is 460 g/mol. The Bertz CT molecular complexity index is 944. The van der Waals surface area contributed by atoms with E-state index in [0.29, 0.717) is 18.3 Å². The summed E-state index contributed by atoms with van der Waals surface area (Å²) >= 11 is 4.74. The van der Waals surface area contributed by atoms with Crippen molar-refractivity contribution in [1.29, 1.82) is 0 Å². The molecular formula is C20H21BrN4O2S. The highest BCUT2D eigenvalue weighted by Gasteiger charge is 2.14. The molecule has 0 aliphatic carbocycles. The normalized spacial score (nSPS) is 10.7. The van der Waals surface area contributed by atoms with Gasteiger partial charge in [0.2, 0.25) is 5.91 Å². The zero-order chi connectivity index (χ0) is 19.9. The van der Waals surface area contributed by atoms with Crippen LogP contribution in [0.2, 0.25) is 0 Å². The fourth-order valence-electron chi connectivity index (χ4n) is 2.56. The van der Waals surface area contributed by atoms with Crippen LogP contribution < -0.4 is 10.1 Å². The molecule has 0 atom stereocenters. The lowest BCUT2D eigenvalue weighted by atomic mass is 10.2. The molecule has 0 radical (unpaired) electrons. The molecule has 0 bridgehead atoms. The summed E-state index contributed by atoms with van der Waals surface area (Å²) in [5, 5.41) is 12.0. The van der Waals surface area contributed by atoms with Crippen LogP contribution >= 0.6 is 27.7 Å². The number of hydrogen-bond donors (Lipinski definition) is 1. The lowest BCUT2D eigenvalue weighted by Crippen LogP contribution is -2.14. The van der Waals surface area contributed by atoms with Gasteiger partial charge in [0, 0.05) is 16.7 Å². The first kappa shape index (κ1) is 20.4. The molecule has 1 N–H and O–H groups in total. The number of benzene rings is 2. The molecule has 1 heterocycles. The zero-order valence-corrected chi connectivity index (χ0v) is 18.1. The lowest BCUT2D eigenvalue weighted by molar-refractivity contribution is -0.113. The summed E-state index contributed by atoms with van der Waals surface area (Å²) in [4.78, 5) is 12.2. The predicted octanol–water partition coefficient (Wildman–Crippen LogP) is 4.68. The maximum atomic E-state index is 12.2. The average molecular weight is 461 g/mol. The molecule has 0 aliphatic heterocycles. The number of halogens is 1. The lowest BCUT2D eigenvalue weighted by Gasteiger charge is -2.09. The maximum absolute atomic E-state index is 12.2. The summed E-state index contributed by atoms with van der Waals surface area (Å²) in [6, 6.07) is 15.4. The molecule has 3 rings (SSSR count). The number of ether oxygens (including phenoxy) is 1. The number of anilines is 1. The van der Waals surface area contributed by atoms with E-state index in [9.17, 15) is 4.79 Å². The highest BCUT2D eigenvalue weighted by molar-refractivity contribution is 9.10. The smallest absolute Gasteiger partial charge is 0.234 e. The number of thioether (sulfide) groups is 1. The first-order valence-corrected chi connectivity index (χ1v) is 10.6. The summed E-state index contributed by atoms with van der Waals surface area (Å²) in [6.45, 7) is 5.08. The Labute approximate surface area is 176 Å². The molecule has 0 fully saturated rings. The van der Waals surface area contributed by atoms with Gasteiger partial charge in [-0.15, -0.1) is 10.2 Å². The molecule has 0 unspecified atom stereocenters. The molecule has 3 aromatic rings. The second-order valence-corrected chi connectivity index (χ2v) is 7.95. The van der Waals surface area contributed by atoms with E-state index in [1.54, 1.807) is 0 Å². The maximum Gasteiger partial charge on any atom is 0.234 e. The van der Waals surface area contributed by atoms with E-state index in [-0.39, 0.29) is 11.7 Å². The second-order valence-electron chi connectivity index (χ2n) is 6.09. The Morgan fingerprint density at radius 2 is 2.00 bits per heavy atom. The number of carbonyl (C=O) groups is 1. The third-order valence-corrected chi connectivity index (χ3v) is 5.42. The Kier molecular flexibility index (Phi) is 7.11. The van der Waals surface area contributed by atoms with Crippen LogP contribution in [0, 0.1) is 6.92 Å². The molecule has 1 aromatic heterocycles. The fourth-order valence-corrected chi connectivity index (χ4v) is 3.65. The second kappa shape index (κ2) is 9.75. The van der Waals surface area contributed by atoms with Gasteiger partial charge in [0.1, 0.15) is 12.4 Å². The molecular weight excluding hydrogens is 440 g/mol. The van der Waals surface area contributed by atoms with Crippen molar-refractivity contribution in [1.82, 2.24) is 14.8 Å². The third-order valence-electron chi connectivity index (χ3n) is 3.93.